The third-order valence-electron chi connectivity index (χ3n) is 11.3. The van der Waals surface area contributed by atoms with Gasteiger partial charge in [0.2, 0.25) is 5.91 Å². The average molecular weight is 880 g/mol. The molecule has 0 aliphatic heterocycles. The topological polar surface area (TPSA) is 105 Å². The summed E-state index contributed by atoms with van der Waals surface area (Å²) >= 11 is 0. The fourth-order valence-corrected chi connectivity index (χ4v) is 7.96. The first-order valence-electron chi connectivity index (χ1n) is 25.5. The van der Waals surface area contributed by atoms with E-state index >= 15 is 0 Å². The van der Waals surface area contributed by atoms with Crippen LogP contribution in [0.5, 0.6) is 0 Å². The number of likely N-dealkylation sites (N-methyl/N-ethyl adjacent to an activating group) is 1. The molecule has 9 heteroatoms. The molecule has 0 aromatic rings. The minimum absolute atomic E-state index is 0.0597. The molecule has 0 aromatic heterocycles. The van der Waals surface area contributed by atoms with Crippen molar-refractivity contribution in [2.75, 3.05) is 40.9 Å². The van der Waals surface area contributed by atoms with Gasteiger partial charge in [0.1, 0.15) is 13.2 Å². The number of phosphoric acid groups is 1. The normalized spacial score (nSPS) is 14.5. The largest absolute Gasteiger partial charge is 0.472 e. The number of aliphatic hydroxyl groups is 1. The van der Waals surface area contributed by atoms with Crippen molar-refractivity contribution in [3.05, 3.63) is 48.6 Å². The number of unbranched alkanes of at least 4 members (excludes halogenated alkanes) is 27. The second-order valence-corrected chi connectivity index (χ2v) is 20.0. The SMILES string of the molecule is CCCCCCC/C=C\C/C=C\C/C=C\CCCCCCCCCCCCC(=O)NC(COP(=O)(O)OCC[N+](C)(C)C)C(O)/C=C/CCCCCCCCCCCCCC. The molecule has 0 aliphatic carbocycles. The molecule has 0 spiro atoms. The number of phosphoric ester groups is 1. The molecule has 0 aromatic carbocycles. The van der Waals surface area contributed by atoms with Gasteiger partial charge >= 0.3 is 7.82 Å². The zero-order chi connectivity index (χ0) is 45.0. The molecule has 61 heavy (non-hydrogen) atoms. The maximum Gasteiger partial charge on any atom is 0.472 e. The zero-order valence-electron chi connectivity index (χ0n) is 40.7. The van der Waals surface area contributed by atoms with Gasteiger partial charge in [-0.05, 0) is 57.8 Å². The predicted octanol–water partition coefficient (Wildman–Crippen LogP) is 14.8. The molecule has 3 unspecified atom stereocenters. The Morgan fingerprint density at radius 2 is 0.934 bits per heavy atom. The first kappa shape index (κ1) is 59.5. The van der Waals surface area contributed by atoms with E-state index in [1.807, 2.05) is 27.2 Å². The standard InChI is InChI=1S/C52H99N2O6P/c1-6-8-10-12-14-16-18-20-22-23-24-25-26-27-28-29-30-31-32-34-36-38-40-42-44-46-52(56)53-50(49-60-61(57,58)59-48-47-54(3,4)5)51(55)45-43-41-39-37-35-33-21-19-17-15-13-11-9-7-2/h18,20,23-24,26-27,43,45,50-51,55H,6-17,19,21-22,25,28-42,44,46-49H2,1-5H3,(H-,53,56,57,58)/p+1/b20-18-,24-23-,27-26-,45-43+. The van der Waals surface area contributed by atoms with E-state index in [2.05, 4.69) is 55.6 Å². The number of amides is 1. The Hall–Kier alpha value is -1.54. The van der Waals surface area contributed by atoms with E-state index in [-0.39, 0.29) is 19.1 Å². The van der Waals surface area contributed by atoms with Crippen LogP contribution in [0.4, 0.5) is 0 Å². The summed E-state index contributed by atoms with van der Waals surface area (Å²) in [4.78, 5) is 23.2. The average Bonchev–Trinajstić information content (AvgIpc) is 3.21. The van der Waals surface area contributed by atoms with Crippen LogP contribution >= 0.6 is 7.82 Å². The number of nitrogens with zero attached hydrogens (tertiary/aromatic N) is 1. The Kier molecular flexibility index (Phi) is 42.6. The highest BCUT2D eigenvalue weighted by molar-refractivity contribution is 7.47. The van der Waals surface area contributed by atoms with Gasteiger partial charge in [-0.1, -0.05) is 210 Å². The van der Waals surface area contributed by atoms with Gasteiger partial charge in [0.25, 0.3) is 0 Å². The quantitative estimate of drug-likeness (QED) is 0.0243. The van der Waals surface area contributed by atoms with E-state index in [9.17, 15) is 19.4 Å². The molecule has 3 atom stereocenters. The second kappa shape index (κ2) is 43.7. The monoisotopic (exact) mass is 880 g/mol. The minimum atomic E-state index is -4.34. The molecule has 8 nitrogen and oxygen atoms in total. The summed E-state index contributed by atoms with van der Waals surface area (Å²) in [6, 6.07) is -0.849. The third-order valence-corrected chi connectivity index (χ3v) is 12.3. The van der Waals surface area contributed by atoms with Crippen LogP contribution in [-0.4, -0.2) is 73.4 Å². The van der Waals surface area contributed by atoms with Crippen molar-refractivity contribution in [1.29, 1.82) is 0 Å². The van der Waals surface area contributed by atoms with Crippen LogP contribution in [0.25, 0.3) is 0 Å². The molecule has 0 saturated heterocycles. The molecule has 0 fully saturated rings. The maximum atomic E-state index is 12.9. The highest BCUT2D eigenvalue weighted by Crippen LogP contribution is 2.43. The maximum absolute atomic E-state index is 12.9. The highest BCUT2D eigenvalue weighted by Gasteiger charge is 2.27. The lowest BCUT2D eigenvalue weighted by Gasteiger charge is -2.25. The highest BCUT2D eigenvalue weighted by atomic mass is 31.2. The molecular weight excluding hydrogens is 780 g/mol. The van der Waals surface area contributed by atoms with Gasteiger partial charge in [-0.2, -0.15) is 0 Å². The van der Waals surface area contributed by atoms with Crippen LogP contribution in [-0.2, 0) is 18.4 Å². The molecule has 0 aliphatic rings. The van der Waals surface area contributed by atoms with E-state index in [4.69, 9.17) is 9.05 Å². The molecule has 3 N–H and O–H groups in total. The van der Waals surface area contributed by atoms with Gasteiger partial charge in [0, 0.05) is 6.42 Å². The molecule has 0 heterocycles. The van der Waals surface area contributed by atoms with Gasteiger partial charge in [0.05, 0.1) is 39.9 Å². The van der Waals surface area contributed by atoms with Crippen molar-refractivity contribution >= 4 is 13.7 Å². The number of allylic oxidation sites excluding steroid dienone is 7. The Balaban J connectivity index is 4.26. The minimum Gasteiger partial charge on any atom is -0.387 e. The Morgan fingerprint density at radius 3 is 1.36 bits per heavy atom. The van der Waals surface area contributed by atoms with Crippen LogP contribution in [0.3, 0.4) is 0 Å². The molecule has 0 rings (SSSR count). The van der Waals surface area contributed by atoms with Crippen LogP contribution in [0.1, 0.15) is 226 Å². The molecule has 358 valence electrons. The number of hydrogen-bond donors (Lipinski definition) is 3. The number of rotatable bonds is 46. The third kappa shape index (κ3) is 46.3. The smallest absolute Gasteiger partial charge is 0.387 e. The predicted molar refractivity (Wildman–Crippen MR) is 263 cm³/mol. The van der Waals surface area contributed by atoms with E-state index in [1.54, 1.807) is 6.08 Å². The van der Waals surface area contributed by atoms with E-state index in [1.165, 1.54) is 154 Å². The summed E-state index contributed by atoms with van der Waals surface area (Å²) in [5, 5.41) is 13.9. The van der Waals surface area contributed by atoms with Crippen molar-refractivity contribution in [2.45, 2.75) is 238 Å². The van der Waals surface area contributed by atoms with Gasteiger partial charge in [-0.15, -0.1) is 0 Å². The number of quaternary nitrogens is 1. The summed E-state index contributed by atoms with van der Waals surface area (Å²) in [6.07, 6.45) is 56.1. The van der Waals surface area contributed by atoms with Crippen molar-refractivity contribution in [3.63, 3.8) is 0 Å². The number of hydrogen-bond acceptors (Lipinski definition) is 5. The van der Waals surface area contributed by atoms with Crippen molar-refractivity contribution in [2.24, 2.45) is 0 Å². The van der Waals surface area contributed by atoms with E-state index in [0.717, 1.165) is 51.4 Å². The van der Waals surface area contributed by atoms with E-state index in [0.29, 0.717) is 17.4 Å². The van der Waals surface area contributed by atoms with Crippen molar-refractivity contribution < 1.29 is 32.9 Å². The second-order valence-electron chi connectivity index (χ2n) is 18.5. The lowest BCUT2D eigenvalue weighted by atomic mass is 10.0. The fraction of sp³-hybridized carbons (Fsp3) is 0.827. The van der Waals surface area contributed by atoms with Gasteiger partial charge in [-0.3, -0.25) is 13.8 Å². The summed E-state index contributed by atoms with van der Waals surface area (Å²) in [6.45, 7) is 4.80. The molecule has 0 saturated carbocycles. The Bertz CT molecular complexity index is 1130. The molecular formula is C52H100N2O6P+. The summed E-state index contributed by atoms with van der Waals surface area (Å²) in [5.41, 5.74) is 0. The molecule has 0 radical (unpaired) electrons. The number of carbonyl (C=O) groups excluding carboxylic acids is 1. The van der Waals surface area contributed by atoms with Gasteiger partial charge in [0.15, 0.2) is 0 Å². The molecule has 1 amide bonds. The lowest BCUT2D eigenvalue weighted by molar-refractivity contribution is -0.870. The van der Waals surface area contributed by atoms with Gasteiger partial charge in [-0.25, -0.2) is 4.57 Å². The van der Waals surface area contributed by atoms with Crippen LogP contribution in [0.2, 0.25) is 0 Å². The van der Waals surface area contributed by atoms with Crippen LogP contribution < -0.4 is 5.32 Å². The summed E-state index contributed by atoms with van der Waals surface area (Å²) in [7, 11) is 1.57. The van der Waals surface area contributed by atoms with Gasteiger partial charge < -0.3 is 19.8 Å². The molecule has 0 bridgehead atoms. The fourth-order valence-electron chi connectivity index (χ4n) is 7.22. The Labute approximate surface area is 378 Å². The Morgan fingerprint density at radius 1 is 0.557 bits per heavy atom. The van der Waals surface area contributed by atoms with Crippen LogP contribution in [0.15, 0.2) is 48.6 Å². The number of carbonyl (C=O) groups is 1. The first-order chi connectivity index (χ1) is 29.5. The van der Waals surface area contributed by atoms with Crippen LogP contribution in [0, 0.1) is 0 Å². The summed E-state index contributed by atoms with van der Waals surface area (Å²) in [5.74, 6) is -0.182. The number of nitrogens with one attached hydrogen (secondary N) is 1. The van der Waals surface area contributed by atoms with E-state index < -0.39 is 20.0 Å². The summed E-state index contributed by atoms with van der Waals surface area (Å²) < 4.78 is 23.6. The first-order valence-corrected chi connectivity index (χ1v) is 27.0. The number of aliphatic hydroxyl groups excluding tert-OH is 1. The van der Waals surface area contributed by atoms with Crippen molar-refractivity contribution in [3.8, 4) is 0 Å². The van der Waals surface area contributed by atoms with Crippen molar-refractivity contribution in [1.82, 2.24) is 5.32 Å². The zero-order valence-corrected chi connectivity index (χ0v) is 41.5. The lowest BCUT2D eigenvalue weighted by Crippen LogP contribution is -2.45.